The van der Waals surface area contributed by atoms with Crippen molar-refractivity contribution in [3.05, 3.63) is 60.4 Å². The van der Waals surface area contributed by atoms with E-state index < -0.39 is 10.0 Å². The number of sulfonamides is 1. The highest BCUT2D eigenvalue weighted by atomic mass is 32.2. The highest BCUT2D eigenvalue weighted by Crippen LogP contribution is 2.14. The summed E-state index contributed by atoms with van der Waals surface area (Å²) in [4.78, 5) is 16.9. The minimum Gasteiger partial charge on any atom is -0.377 e. The van der Waals surface area contributed by atoms with Gasteiger partial charge in [-0.25, -0.2) is 18.1 Å². The van der Waals surface area contributed by atoms with Gasteiger partial charge in [-0.05, 0) is 55.7 Å². The van der Waals surface area contributed by atoms with E-state index in [1.807, 2.05) is 24.3 Å². The molecule has 0 saturated carbocycles. The molecule has 2 heterocycles. The van der Waals surface area contributed by atoms with Gasteiger partial charge in [-0.1, -0.05) is 12.1 Å². The zero-order valence-corrected chi connectivity index (χ0v) is 18.0. The number of aromatic nitrogens is 2. The monoisotopic (exact) mass is 442 g/mol. The molecule has 9 heteroatoms. The highest BCUT2D eigenvalue weighted by molar-refractivity contribution is 7.89. The lowest BCUT2D eigenvalue weighted by Gasteiger charge is -2.12. The molecule has 1 amide bonds. The third-order valence-corrected chi connectivity index (χ3v) is 6.78. The van der Waals surface area contributed by atoms with E-state index in [9.17, 15) is 13.2 Å². The zero-order valence-electron chi connectivity index (χ0n) is 17.2. The van der Waals surface area contributed by atoms with E-state index >= 15 is 0 Å². The summed E-state index contributed by atoms with van der Waals surface area (Å²) in [5.41, 5.74) is 2.44. The van der Waals surface area contributed by atoms with Crippen LogP contribution in [0.15, 0.2) is 59.8 Å². The number of ether oxygens (including phenoxy) is 1. The lowest BCUT2D eigenvalue weighted by Crippen LogP contribution is -2.32. The lowest BCUT2D eigenvalue weighted by atomic mass is 10.2. The standard InChI is InChI=1S/C22H26N4O4S/c27-22(23-12-4-13-26-16-24-20-6-1-2-7-21(20)26)17-8-10-19(11-9-17)31(28,29)25-15-18-5-3-14-30-18/h1-2,6-11,16,18,25H,3-5,12-15H2,(H,23,27). The van der Waals surface area contributed by atoms with Gasteiger partial charge in [0.25, 0.3) is 5.91 Å². The van der Waals surface area contributed by atoms with Crippen molar-refractivity contribution in [3.8, 4) is 0 Å². The van der Waals surface area contributed by atoms with Crippen LogP contribution < -0.4 is 10.0 Å². The Balaban J connectivity index is 1.26. The Labute approximate surface area is 181 Å². The molecular formula is C22H26N4O4S. The van der Waals surface area contributed by atoms with Crippen molar-refractivity contribution in [2.45, 2.75) is 36.8 Å². The van der Waals surface area contributed by atoms with Crippen LogP contribution >= 0.6 is 0 Å². The van der Waals surface area contributed by atoms with E-state index in [2.05, 4.69) is 19.6 Å². The van der Waals surface area contributed by atoms with Gasteiger partial charge in [0.15, 0.2) is 0 Å². The number of benzene rings is 2. The van der Waals surface area contributed by atoms with Crippen LogP contribution in [0, 0.1) is 0 Å². The van der Waals surface area contributed by atoms with E-state index in [0.717, 1.165) is 36.8 Å². The summed E-state index contributed by atoms with van der Waals surface area (Å²) < 4.78 is 34.9. The molecule has 1 aliphatic rings. The number of carbonyl (C=O) groups excluding carboxylic acids is 1. The minimum absolute atomic E-state index is 0.0693. The van der Waals surface area contributed by atoms with Crippen molar-refractivity contribution < 1.29 is 17.9 Å². The highest BCUT2D eigenvalue weighted by Gasteiger charge is 2.20. The number of carbonyl (C=O) groups is 1. The topological polar surface area (TPSA) is 102 Å². The second-order valence-electron chi connectivity index (χ2n) is 7.55. The number of hydrogen-bond acceptors (Lipinski definition) is 5. The number of imidazole rings is 1. The summed E-state index contributed by atoms with van der Waals surface area (Å²) in [7, 11) is -3.62. The Bertz CT molecular complexity index is 1140. The molecule has 2 aromatic carbocycles. The molecule has 3 aromatic rings. The molecule has 2 N–H and O–H groups in total. The molecule has 31 heavy (non-hydrogen) atoms. The Morgan fingerprint density at radius 1 is 1.16 bits per heavy atom. The van der Waals surface area contributed by atoms with Gasteiger partial charge < -0.3 is 14.6 Å². The predicted molar refractivity (Wildman–Crippen MR) is 117 cm³/mol. The smallest absolute Gasteiger partial charge is 0.251 e. The fourth-order valence-electron chi connectivity index (χ4n) is 3.62. The van der Waals surface area contributed by atoms with Crippen molar-refractivity contribution in [1.29, 1.82) is 0 Å². The van der Waals surface area contributed by atoms with E-state index in [0.29, 0.717) is 18.7 Å². The van der Waals surface area contributed by atoms with Gasteiger partial charge in [0.1, 0.15) is 0 Å². The Kier molecular flexibility index (Phi) is 6.64. The molecule has 1 aliphatic heterocycles. The van der Waals surface area contributed by atoms with Gasteiger partial charge in [-0.15, -0.1) is 0 Å². The van der Waals surface area contributed by atoms with Gasteiger partial charge in [0.05, 0.1) is 28.4 Å². The predicted octanol–water partition coefficient (Wildman–Crippen LogP) is 2.31. The molecule has 0 radical (unpaired) electrons. The van der Waals surface area contributed by atoms with Crippen LogP contribution in [0.2, 0.25) is 0 Å². The minimum atomic E-state index is -3.62. The third kappa shape index (κ3) is 5.30. The zero-order chi connectivity index (χ0) is 21.7. The second kappa shape index (κ2) is 9.59. The average molecular weight is 443 g/mol. The van der Waals surface area contributed by atoms with Crippen molar-refractivity contribution in [1.82, 2.24) is 19.6 Å². The van der Waals surface area contributed by atoms with Crippen LogP contribution in [0.4, 0.5) is 0 Å². The molecular weight excluding hydrogens is 416 g/mol. The number of fused-ring (bicyclic) bond motifs is 1. The molecule has 1 unspecified atom stereocenters. The maximum Gasteiger partial charge on any atom is 0.251 e. The Hall–Kier alpha value is -2.75. The van der Waals surface area contributed by atoms with Gasteiger partial charge in [-0.3, -0.25) is 4.79 Å². The molecule has 0 aliphatic carbocycles. The number of nitrogens with one attached hydrogen (secondary N) is 2. The normalized spacial score (nSPS) is 16.6. The van der Waals surface area contributed by atoms with E-state index in [-0.39, 0.29) is 23.5 Å². The van der Waals surface area contributed by atoms with E-state index in [1.54, 1.807) is 6.33 Å². The van der Waals surface area contributed by atoms with Gasteiger partial charge in [-0.2, -0.15) is 0 Å². The van der Waals surface area contributed by atoms with Crippen LogP contribution in [0.3, 0.4) is 0 Å². The molecule has 8 nitrogen and oxygen atoms in total. The number of rotatable bonds is 9. The van der Waals surface area contributed by atoms with Crippen molar-refractivity contribution in [2.75, 3.05) is 19.7 Å². The van der Waals surface area contributed by atoms with E-state index in [4.69, 9.17) is 4.74 Å². The Morgan fingerprint density at radius 3 is 2.74 bits per heavy atom. The maximum absolute atomic E-state index is 12.4. The summed E-state index contributed by atoms with van der Waals surface area (Å²) in [5, 5.41) is 2.88. The second-order valence-corrected chi connectivity index (χ2v) is 9.31. The molecule has 164 valence electrons. The average Bonchev–Trinajstić information content (AvgIpc) is 3.45. The van der Waals surface area contributed by atoms with Gasteiger partial charge >= 0.3 is 0 Å². The quantitative estimate of drug-likeness (QED) is 0.495. The number of aryl methyl sites for hydroxylation is 1. The maximum atomic E-state index is 12.4. The van der Waals surface area contributed by atoms with Crippen LogP contribution in [-0.4, -0.2) is 49.7 Å². The van der Waals surface area contributed by atoms with Crippen LogP contribution in [0.25, 0.3) is 11.0 Å². The molecule has 1 atom stereocenters. The summed E-state index contributed by atoms with van der Waals surface area (Å²) in [6, 6.07) is 13.9. The SMILES string of the molecule is O=C(NCCCn1cnc2ccccc21)c1ccc(S(=O)(=O)NCC2CCCO2)cc1. The van der Waals surface area contributed by atoms with Crippen molar-refractivity contribution in [2.24, 2.45) is 0 Å². The number of hydrogen-bond donors (Lipinski definition) is 2. The lowest BCUT2D eigenvalue weighted by molar-refractivity contribution is 0.0952. The molecule has 1 fully saturated rings. The molecule has 4 rings (SSSR count). The van der Waals surface area contributed by atoms with E-state index in [1.165, 1.54) is 24.3 Å². The number of amides is 1. The van der Waals surface area contributed by atoms with Crippen LogP contribution in [-0.2, 0) is 21.3 Å². The first-order valence-electron chi connectivity index (χ1n) is 10.4. The summed E-state index contributed by atoms with van der Waals surface area (Å²) >= 11 is 0. The molecule has 1 aromatic heterocycles. The first kappa shape index (κ1) is 21.5. The van der Waals surface area contributed by atoms with Crippen molar-refractivity contribution >= 4 is 27.0 Å². The molecule has 1 saturated heterocycles. The fourth-order valence-corrected chi connectivity index (χ4v) is 4.69. The van der Waals surface area contributed by atoms with Gasteiger partial charge in [0, 0.05) is 31.8 Å². The first-order chi connectivity index (χ1) is 15.0. The van der Waals surface area contributed by atoms with Crippen LogP contribution in [0.5, 0.6) is 0 Å². The Morgan fingerprint density at radius 2 is 1.97 bits per heavy atom. The summed E-state index contributed by atoms with van der Waals surface area (Å²) in [5.74, 6) is -0.230. The number of para-hydroxylation sites is 2. The fraction of sp³-hybridized carbons (Fsp3) is 0.364. The van der Waals surface area contributed by atoms with Crippen LogP contribution in [0.1, 0.15) is 29.6 Å². The summed E-state index contributed by atoms with van der Waals surface area (Å²) in [6.45, 7) is 2.19. The molecule has 0 bridgehead atoms. The third-order valence-electron chi connectivity index (χ3n) is 5.34. The van der Waals surface area contributed by atoms with Gasteiger partial charge in [0.2, 0.25) is 10.0 Å². The first-order valence-corrected chi connectivity index (χ1v) is 11.9. The largest absolute Gasteiger partial charge is 0.377 e. The number of nitrogens with zero attached hydrogens (tertiary/aromatic N) is 2. The molecule has 0 spiro atoms. The van der Waals surface area contributed by atoms with Crippen molar-refractivity contribution in [3.63, 3.8) is 0 Å². The summed E-state index contributed by atoms with van der Waals surface area (Å²) in [6.07, 6.45) is 4.30.